The molecule has 2 amide bonds. The Kier molecular flexibility index (Phi) is 6.43. The number of anilines is 3. The van der Waals surface area contributed by atoms with E-state index >= 15 is 4.39 Å². The lowest BCUT2D eigenvalue weighted by Crippen LogP contribution is -2.32. The fourth-order valence-corrected chi connectivity index (χ4v) is 5.36. The van der Waals surface area contributed by atoms with Crippen molar-refractivity contribution < 1.29 is 27.2 Å². The average Bonchev–Trinajstić information content (AvgIpc) is 3.25. The van der Waals surface area contributed by atoms with E-state index in [1.165, 1.54) is 23.1 Å². The van der Waals surface area contributed by atoms with E-state index in [1.54, 1.807) is 31.3 Å². The molecule has 10 heteroatoms. The molecule has 0 radical (unpaired) electrons. The summed E-state index contributed by atoms with van der Waals surface area (Å²) in [5.74, 6) is -5.33. The molecular formula is C27H19F4N3O2S. The van der Waals surface area contributed by atoms with Crippen LogP contribution in [0.25, 0.3) is 10.4 Å². The summed E-state index contributed by atoms with van der Waals surface area (Å²) in [4.78, 5) is 27.9. The molecule has 2 heterocycles. The van der Waals surface area contributed by atoms with Crippen LogP contribution < -0.4 is 15.5 Å². The fourth-order valence-electron chi connectivity index (χ4n) is 4.21. The van der Waals surface area contributed by atoms with Gasteiger partial charge in [0, 0.05) is 29.7 Å². The highest BCUT2D eigenvalue weighted by molar-refractivity contribution is 7.17. The Hall–Kier alpha value is -4.18. The smallest absolute Gasteiger partial charge is 0.265 e. The maximum Gasteiger partial charge on any atom is 0.265 e. The van der Waals surface area contributed by atoms with Gasteiger partial charge in [-0.2, -0.15) is 0 Å². The largest absolute Gasteiger partial charge is 0.388 e. The van der Waals surface area contributed by atoms with Gasteiger partial charge in [-0.05, 0) is 66.6 Å². The van der Waals surface area contributed by atoms with Crippen LogP contribution in [0.5, 0.6) is 0 Å². The Labute approximate surface area is 213 Å². The van der Waals surface area contributed by atoms with Crippen LogP contribution in [0.15, 0.2) is 60.7 Å². The summed E-state index contributed by atoms with van der Waals surface area (Å²) in [5.41, 5.74) is 1.10. The highest BCUT2D eigenvalue weighted by Crippen LogP contribution is 2.44. The van der Waals surface area contributed by atoms with Crippen molar-refractivity contribution in [2.75, 3.05) is 29.1 Å². The highest BCUT2D eigenvalue weighted by atomic mass is 32.1. The average molecular weight is 526 g/mol. The molecule has 5 rings (SSSR count). The van der Waals surface area contributed by atoms with E-state index < -0.39 is 40.8 Å². The van der Waals surface area contributed by atoms with Crippen LogP contribution >= 0.6 is 11.3 Å². The van der Waals surface area contributed by atoms with E-state index in [-0.39, 0.29) is 34.0 Å². The number of hydrogen-bond acceptors (Lipinski definition) is 4. The summed E-state index contributed by atoms with van der Waals surface area (Å²) in [7, 11) is 1.75. The minimum absolute atomic E-state index is 0.0599. The first-order valence-corrected chi connectivity index (χ1v) is 12.1. The molecule has 0 saturated heterocycles. The molecule has 0 bridgehead atoms. The standard InChI is InChI=1S/C27H19F4N3O2S/c1-32-16-7-5-14(6-8-16)27(36)34-12-11-15-13-21(26(35)33-24-18(29)3-2-4-19(24)30)37-25(15)22-20(34)10-9-17(28)23(22)31/h2-10,13,32H,11-12H2,1H3,(H,33,35). The van der Waals surface area contributed by atoms with Crippen LogP contribution in [-0.2, 0) is 6.42 Å². The second kappa shape index (κ2) is 9.70. The first-order valence-electron chi connectivity index (χ1n) is 11.2. The molecule has 0 unspecified atom stereocenters. The summed E-state index contributed by atoms with van der Waals surface area (Å²) in [6.07, 6.45) is 0.239. The summed E-state index contributed by atoms with van der Waals surface area (Å²) in [6, 6.07) is 13.7. The zero-order valence-corrected chi connectivity index (χ0v) is 20.2. The number of nitrogens with zero attached hydrogens (tertiary/aromatic N) is 1. The van der Waals surface area contributed by atoms with Gasteiger partial charge >= 0.3 is 0 Å². The zero-order valence-electron chi connectivity index (χ0n) is 19.4. The van der Waals surface area contributed by atoms with Gasteiger partial charge in [0.15, 0.2) is 11.6 Å². The van der Waals surface area contributed by atoms with Crippen molar-refractivity contribution in [3.8, 4) is 10.4 Å². The van der Waals surface area contributed by atoms with Crippen LogP contribution in [0.4, 0.5) is 34.6 Å². The van der Waals surface area contributed by atoms with Crippen molar-refractivity contribution in [1.29, 1.82) is 0 Å². The van der Waals surface area contributed by atoms with Gasteiger partial charge in [0.25, 0.3) is 11.8 Å². The van der Waals surface area contributed by atoms with Crippen LogP contribution in [0, 0.1) is 23.3 Å². The van der Waals surface area contributed by atoms with Gasteiger partial charge in [0.2, 0.25) is 0 Å². The predicted octanol–water partition coefficient (Wildman–Crippen LogP) is 6.47. The monoisotopic (exact) mass is 525 g/mol. The molecule has 3 aromatic carbocycles. The Morgan fingerprint density at radius 2 is 1.62 bits per heavy atom. The number of benzene rings is 3. The van der Waals surface area contributed by atoms with Crippen molar-refractivity contribution in [3.05, 3.63) is 99.9 Å². The summed E-state index contributed by atoms with van der Waals surface area (Å²) in [6.45, 7) is 0.136. The molecule has 0 fully saturated rings. The third-order valence-electron chi connectivity index (χ3n) is 6.10. The third-order valence-corrected chi connectivity index (χ3v) is 7.29. The first kappa shape index (κ1) is 24.5. The second-order valence-electron chi connectivity index (χ2n) is 8.31. The van der Waals surface area contributed by atoms with E-state index in [0.717, 1.165) is 35.2 Å². The molecule has 0 atom stereocenters. The SMILES string of the molecule is CNc1ccc(C(=O)N2CCc3cc(C(=O)Nc4c(F)cccc4F)sc3-c3c2ccc(F)c3F)cc1. The molecule has 0 aliphatic carbocycles. The van der Waals surface area contributed by atoms with Gasteiger partial charge in [-0.15, -0.1) is 11.3 Å². The molecule has 0 saturated carbocycles. The van der Waals surface area contributed by atoms with Crippen LogP contribution in [0.3, 0.4) is 0 Å². The van der Waals surface area contributed by atoms with Gasteiger partial charge < -0.3 is 15.5 Å². The molecule has 2 N–H and O–H groups in total. The van der Waals surface area contributed by atoms with Crippen molar-refractivity contribution in [2.24, 2.45) is 0 Å². The lowest BCUT2D eigenvalue weighted by atomic mass is 10.1. The molecule has 1 aromatic heterocycles. The Balaban J connectivity index is 1.54. The van der Waals surface area contributed by atoms with Crippen molar-refractivity contribution >= 4 is 40.2 Å². The normalized spacial score (nSPS) is 12.4. The number of amides is 2. The number of thiophene rings is 1. The molecule has 1 aliphatic rings. The van der Waals surface area contributed by atoms with E-state index in [1.807, 2.05) is 0 Å². The van der Waals surface area contributed by atoms with Crippen molar-refractivity contribution in [2.45, 2.75) is 6.42 Å². The molecule has 4 aromatic rings. The number of para-hydroxylation sites is 1. The van der Waals surface area contributed by atoms with Gasteiger partial charge in [-0.1, -0.05) is 6.07 Å². The Morgan fingerprint density at radius 3 is 2.30 bits per heavy atom. The molecule has 37 heavy (non-hydrogen) atoms. The topological polar surface area (TPSA) is 61.4 Å². The summed E-state index contributed by atoms with van der Waals surface area (Å²) in [5, 5.41) is 5.18. The minimum atomic E-state index is -1.15. The summed E-state index contributed by atoms with van der Waals surface area (Å²) < 4.78 is 57.6. The second-order valence-corrected chi connectivity index (χ2v) is 9.36. The van der Waals surface area contributed by atoms with E-state index in [2.05, 4.69) is 10.6 Å². The molecular weight excluding hydrogens is 506 g/mol. The number of nitrogens with one attached hydrogen (secondary N) is 2. The van der Waals surface area contributed by atoms with Crippen molar-refractivity contribution in [3.63, 3.8) is 0 Å². The lowest BCUT2D eigenvalue weighted by Gasteiger charge is -2.23. The molecule has 0 spiro atoms. The van der Waals surface area contributed by atoms with E-state index in [9.17, 15) is 22.8 Å². The van der Waals surface area contributed by atoms with Crippen molar-refractivity contribution in [1.82, 2.24) is 0 Å². The highest BCUT2D eigenvalue weighted by Gasteiger charge is 2.31. The van der Waals surface area contributed by atoms with Crippen LogP contribution in [0.1, 0.15) is 25.6 Å². The summed E-state index contributed by atoms with van der Waals surface area (Å²) >= 11 is 0.858. The third kappa shape index (κ3) is 4.44. The van der Waals surface area contributed by atoms with Gasteiger partial charge in [0.1, 0.15) is 17.3 Å². The lowest BCUT2D eigenvalue weighted by molar-refractivity contribution is 0.0985. The molecule has 5 nitrogen and oxygen atoms in total. The van der Waals surface area contributed by atoms with E-state index in [4.69, 9.17) is 0 Å². The molecule has 1 aliphatic heterocycles. The maximum atomic E-state index is 15.2. The van der Waals surface area contributed by atoms with Crippen LogP contribution in [-0.4, -0.2) is 25.4 Å². The predicted molar refractivity (Wildman–Crippen MR) is 135 cm³/mol. The zero-order chi connectivity index (χ0) is 26.3. The van der Waals surface area contributed by atoms with Gasteiger partial charge in [0.05, 0.1) is 16.1 Å². The van der Waals surface area contributed by atoms with Gasteiger partial charge in [-0.3, -0.25) is 9.59 Å². The van der Waals surface area contributed by atoms with Crippen LogP contribution in [0.2, 0.25) is 0 Å². The number of carbonyl (C=O) groups excluding carboxylic acids is 2. The Morgan fingerprint density at radius 1 is 0.919 bits per heavy atom. The number of rotatable bonds is 4. The van der Waals surface area contributed by atoms with Gasteiger partial charge in [-0.25, -0.2) is 17.6 Å². The maximum absolute atomic E-state index is 15.2. The number of fused-ring (bicyclic) bond motifs is 3. The molecule has 188 valence electrons. The number of halogens is 4. The Bertz CT molecular complexity index is 1520. The first-order chi connectivity index (χ1) is 17.8. The number of carbonyl (C=O) groups is 2. The fraction of sp³-hybridized carbons (Fsp3) is 0.111. The quantitative estimate of drug-likeness (QED) is 0.300. The van der Waals surface area contributed by atoms with E-state index in [0.29, 0.717) is 11.1 Å². The number of hydrogen-bond donors (Lipinski definition) is 2. The minimum Gasteiger partial charge on any atom is -0.388 e.